The van der Waals surface area contributed by atoms with E-state index < -0.39 is 0 Å². The lowest BCUT2D eigenvalue weighted by Gasteiger charge is -2.04. The number of pyridine rings is 1. The normalized spacial score (nSPS) is 9.75. The predicted octanol–water partition coefficient (Wildman–Crippen LogP) is 0.862. The summed E-state index contributed by atoms with van der Waals surface area (Å²) >= 11 is 4.82. The minimum atomic E-state index is 0.308. The molecule has 0 radical (unpaired) electrons. The van der Waals surface area contributed by atoms with Gasteiger partial charge in [-0.3, -0.25) is 4.98 Å². The second-order valence-electron chi connectivity index (χ2n) is 2.31. The monoisotopic (exact) mass is 182 g/mol. The quantitative estimate of drug-likeness (QED) is 0.704. The van der Waals surface area contributed by atoms with Gasteiger partial charge in [0.15, 0.2) is 0 Å². The highest BCUT2D eigenvalue weighted by Crippen LogP contribution is 2.05. The van der Waals surface area contributed by atoms with Crippen LogP contribution in [0.4, 0.5) is 0 Å². The molecule has 2 N–H and O–H groups in total. The lowest BCUT2D eigenvalue weighted by atomic mass is 10.2. The molecular weight excluding hydrogens is 172 g/mol. The number of ether oxygens (including phenoxy) is 1. The first kappa shape index (κ1) is 9.09. The van der Waals surface area contributed by atoms with Crippen molar-refractivity contribution in [2.45, 2.75) is 6.61 Å². The summed E-state index contributed by atoms with van der Waals surface area (Å²) in [4.78, 5) is 4.36. The van der Waals surface area contributed by atoms with Crippen molar-refractivity contribution in [3.05, 3.63) is 29.6 Å². The fraction of sp³-hybridized carbons (Fsp3) is 0.250. The van der Waals surface area contributed by atoms with Crippen LogP contribution in [0.1, 0.15) is 11.3 Å². The summed E-state index contributed by atoms with van der Waals surface area (Å²) in [5.41, 5.74) is 7.03. The fourth-order valence-corrected chi connectivity index (χ4v) is 1.12. The Bertz CT molecular complexity index is 288. The van der Waals surface area contributed by atoms with Crippen molar-refractivity contribution in [1.82, 2.24) is 4.98 Å². The van der Waals surface area contributed by atoms with Crippen LogP contribution in [0.5, 0.6) is 0 Å². The summed E-state index contributed by atoms with van der Waals surface area (Å²) in [5.74, 6) is 0. The molecule has 12 heavy (non-hydrogen) atoms. The van der Waals surface area contributed by atoms with E-state index in [1.807, 2.05) is 12.1 Å². The van der Waals surface area contributed by atoms with Crippen LogP contribution < -0.4 is 5.73 Å². The van der Waals surface area contributed by atoms with E-state index in [1.165, 1.54) is 0 Å². The molecule has 0 amide bonds. The molecular formula is C8H10N2OS. The molecule has 1 aromatic rings. The molecule has 1 aromatic heterocycles. The molecule has 1 rings (SSSR count). The zero-order valence-electron chi connectivity index (χ0n) is 6.78. The van der Waals surface area contributed by atoms with Gasteiger partial charge >= 0.3 is 0 Å². The summed E-state index contributed by atoms with van der Waals surface area (Å²) in [6.07, 6.45) is 1.66. The number of nitrogens with zero attached hydrogens (tertiary/aromatic N) is 1. The Morgan fingerprint density at radius 1 is 1.75 bits per heavy atom. The highest BCUT2D eigenvalue weighted by Gasteiger charge is 2.04. The fourth-order valence-electron chi connectivity index (χ4n) is 0.932. The molecule has 0 aliphatic heterocycles. The Balaban J connectivity index is 3.00. The van der Waals surface area contributed by atoms with Gasteiger partial charge in [0.25, 0.3) is 0 Å². The van der Waals surface area contributed by atoms with Crippen LogP contribution in [-0.2, 0) is 11.3 Å². The predicted molar refractivity (Wildman–Crippen MR) is 50.8 cm³/mol. The average molecular weight is 182 g/mol. The number of rotatable bonds is 3. The van der Waals surface area contributed by atoms with Crippen LogP contribution in [0.2, 0.25) is 0 Å². The van der Waals surface area contributed by atoms with Crippen LogP contribution in [0, 0.1) is 0 Å². The van der Waals surface area contributed by atoms with Crippen molar-refractivity contribution in [2.24, 2.45) is 5.73 Å². The van der Waals surface area contributed by atoms with E-state index in [4.69, 9.17) is 22.7 Å². The van der Waals surface area contributed by atoms with Gasteiger partial charge < -0.3 is 10.5 Å². The van der Waals surface area contributed by atoms with Crippen molar-refractivity contribution in [1.29, 1.82) is 0 Å². The molecule has 0 atom stereocenters. The third-order valence-electron chi connectivity index (χ3n) is 1.42. The van der Waals surface area contributed by atoms with Gasteiger partial charge in [-0.05, 0) is 6.07 Å². The van der Waals surface area contributed by atoms with Crippen molar-refractivity contribution in [3.8, 4) is 0 Å². The summed E-state index contributed by atoms with van der Waals surface area (Å²) in [5, 5.41) is 0. The SMILES string of the molecule is COCc1cccnc1C(N)=S. The zero-order valence-corrected chi connectivity index (χ0v) is 7.60. The number of hydrogen-bond donors (Lipinski definition) is 1. The van der Waals surface area contributed by atoms with Crippen LogP contribution in [-0.4, -0.2) is 17.1 Å². The number of nitrogens with two attached hydrogens (primary N) is 1. The Labute approximate surface area is 76.6 Å². The number of methoxy groups -OCH3 is 1. The van der Waals surface area contributed by atoms with Crippen molar-refractivity contribution in [3.63, 3.8) is 0 Å². The van der Waals surface area contributed by atoms with E-state index in [1.54, 1.807) is 13.3 Å². The van der Waals surface area contributed by atoms with E-state index in [0.717, 1.165) is 5.56 Å². The number of aromatic nitrogens is 1. The van der Waals surface area contributed by atoms with Gasteiger partial charge in [-0.25, -0.2) is 0 Å². The Hall–Kier alpha value is -1.00. The molecule has 64 valence electrons. The van der Waals surface area contributed by atoms with Gasteiger partial charge in [0.1, 0.15) is 10.7 Å². The summed E-state index contributed by atoms with van der Waals surface area (Å²) in [6.45, 7) is 0.487. The number of thiocarbonyl (C=S) groups is 1. The minimum Gasteiger partial charge on any atom is -0.388 e. The Kier molecular flexibility index (Phi) is 3.13. The van der Waals surface area contributed by atoms with Gasteiger partial charge in [-0.1, -0.05) is 18.3 Å². The molecule has 0 aliphatic rings. The molecule has 0 aromatic carbocycles. The van der Waals surface area contributed by atoms with Crippen LogP contribution in [0.15, 0.2) is 18.3 Å². The second kappa shape index (κ2) is 4.13. The molecule has 0 unspecified atom stereocenters. The smallest absolute Gasteiger partial charge is 0.123 e. The van der Waals surface area contributed by atoms with Crippen LogP contribution in [0.25, 0.3) is 0 Å². The summed E-state index contributed by atoms with van der Waals surface area (Å²) in [6, 6.07) is 3.72. The highest BCUT2D eigenvalue weighted by atomic mass is 32.1. The van der Waals surface area contributed by atoms with Gasteiger partial charge in [0.05, 0.1) is 6.61 Å². The summed E-state index contributed by atoms with van der Waals surface area (Å²) in [7, 11) is 1.62. The van der Waals surface area contributed by atoms with Gasteiger partial charge in [-0.15, -0.1) is 0 Å². The van der Waals surface area contributed by atoms with E-state index in [9.17, 15) is 0 Å². The largest absolute Gasteiger partial charge is 0.388 e. The van der Waals surface area contributed by atoms with E-state index in [-0.39, 0.29) is 0 Å². The maximum Gasteiger partial charge on any atom is 0.123 e. The molecule has 0 fully saturated rings. The Morgan fingerprint density at radius 3 is 3.08 bits per heavy atom. The molecule has 0 spiro atoms. The van der Waals surface area contributed by atoms with Crippen molar-refractivity contribution < 1.29 is 4.74 Å². The average Bonchev–Trinajstić information content (AvgIpc) is 2.05. The first-order valence-electron chi connectivity index (χ1n) is 3.48. The maximum atomic E-state index is 5.46. The maximum absolute atomic E-state index is 5.46. The van der Waals surface area contributed by atoms with Gasteiger partial charge in [0.2, 0.25) is 0 Å². The number of hydrogen-bond acceptors (Lipinski definition) is 3. The topological polar surface area (TPSA) is 48.1 Å². The highest BCUT2D eigenvalue weighted by molar-refractivity contribution is 7.80. The first-order valence-corrected chi connectivity index (χ1v) is 3.89. The third-order valence-corrected chi connectivity index (χ3v) is 1.62. The molecule has 0 bridgehead atoms. The molecule has 3 nitrogen and oxygen atoms in total. The third kappa shape index (κ3) is 1.99. The standard InChI is InChI=1S/C8H10N2OS/c1-11-5-6-3-2-4-10-7(6)8(9)12/h2-4H,5H2,1H3,(H2,9,12). The molecule has 1 heterocycles. The van der Waals surface area contributed by atoms with Crippen LogP contribution in [0.3, 0.4) is 0 Å². The zero-order chi connectivity index (χ0) is 8.97. The van der Waals surface area contributed by atoms with Crippen LogP contribution >= 0.6 is 12.2 Å². The summed E-state index contributed by atoms with van der Waals surface area (Å²) < 4.78 is 4.96. The van der Waals surface area contributed by atoms with E-state index in [2.05, 4.69) is 4.98 Å². The molecule has 0 aliphatic carbocycles. The lowest BCUT2D eigenvalue weighted by molar-refractivity contribution is 0.184. The Morgan fingerprint density at radius 2 is 2.50 bits per heavy atom. The molecule has 4 heteroatoms. The van der Waals surface area contributed by atoms with Crippen molar-refractivity contribution >= 4 is 17.2 Å². The van der Waals surface area contributed by atoms with Gasteiger partial charge in [-0.2, -0.15) is 0 Å². The van der Waals surface area contributed by atoms with Gasteiger partial charge in [0, 0.05) is 18.9 Å². The van der Waals surface area contributed by atoms with E-state index >= 15 is 0 Å². The van der Waals surface area contributed by atoms with Crippen molar-refractivity contribution in [2.75, 3.05) is 7.11 Å². The second-order valence-corrected chi connectivity index (χ2v) is 2.75. The lowest BCUT2D eigenvalue weighted by Crippen LogP contribution is -2.14. The van der Waals surface area contributed by atoms with E-state index in [0.29, 0.717) is 17.3 Å². The minimum absolute atomic E-state index is 0.308. The molecule has 0 saturated carbocycles. The molecule has 0 saturated heterocycles. The first-order chi connectivity index (χ1) is 5.75.